The molecule has 100 valence electrons. The summed E-state index contributed by atoms with van der Waals surface area (Å²) in [5, 5.41) is 0.337. The van der Waals surface area contributed by atoms with E-state index in [2.05, 4.69) is 46.5 Å². The van der Waals surface area contributed by atoms with Crippen molar-refractivity contribution >= 4 is 59.3 Å². The van der Waals surface area contributed by atoms with Crippen LogP contribution in [-0.2, 0) is 10.0 Å². The van der Waals surface area contributed by atoms with Gasteiger partial charge >= 0.3 is 0 Å². The summed E-state index contributed by atoms with van der Waals surface area (Å²) >= 11 is 12.0. The lowest BCUT2D eigenvalue weighted by molar-refractivity contribution is 0.601. The van der Waals surface area contributed by atoms with Crippen molar-refractivity contribution in [1.82, 2.24) is 9.97 Å². The molecular formula is C10H6Br2ClN3O2S. The maximum absolute atomic E-state index is 12.1. The van der Waals surface area contributed by atoms with Gasteiger partial charge in [-0.25, -0.2) is 18.4 Å². The van der Waals surface area contributed by atoms with E-state index in [1.54, 1.807) is 12.1 Å². The van der Waals surface area contributed by atoms with Gasteiger partial charge in [-0.1, -0.05) is 17.7 Å². The second-order valence-corrected chi connectivity index (χ2v) is 7.08. The maximum Gasteiger partial charge on any atom is 0.263 e. The Morgan fingerprint density at radius 2 is 2.00 bits per heavy atom. The van der Waals surface area contributed by atoms with Crippen molar-refractivity contribution in [2.24, 2.45) is 0 Å². The van der Waals surface area contributed by atoms with E-state index in [1.807, 2.05) is 0 Å². The monoisotopic (exact) mass is 425 g/mol. The van der Waals surface area contributed by atoms with Crippen LogP contribution in [0.15, 0.2) is 44.6 Å². The molecule has 2 rings (SSSR count). The van der Waals surface area contributed by atoms with Crippen LogP contribution < -0.4 is 4.72 Å². The highest BCUT2D eigenvalue weighted by molar-refractivity contribution is 9.11. The van der Waals surface area contributed by atoms with Crippen molar-refractivity contribution in [3.05, 3.63) is 44.7 Å². The summed E-state index contributed by atoms with van der Waals surface area (Å²) in [5.41, 5.74) is 0. The maximum atomic E-state index is 12.1. The van der Waals surface area contributed by atoms with Crippen LogP contribution in [0.25, 0.3) is 0 Å². The fraction of sp³-hybridized carbons (Fsp3) is 0. The van der Waals surface area contributed by atoms with E-state index in [4.69, 9.17) is 11.6 Å². The molecule has 0 aliphatic carbocycles. The molecule has 0 spiro atoms. The van der Waals surface area contributed by atoms with Gasteiger partial charge in [-0.3, -0.25) is 4.72 Å². The highest BCUT2D eigenvalue weighted by Crippen LogP contribution is 2.23. The molecule has 1 N–H and O–H groups in total. The van der Waals surface area contributed by atoms with Crippen molar-refractivity contribution < 1.29 is 8.42 Å². The zero-order valence-corrected chi connectivity index (χ0v) is 13.9. The molecule has 1 aromatic carbocycles. The van der Waals surface area contributed by atoms with Crippen molar-refractivity contribution in [2.75, 3.05) is 4.72 Å². The molecule has 0 amide bonds. The molecule has 5 nitrogen and oxygen atoms in total. The minimum absolute atomic E-state index is 0.0524. The molecule has 0 aliphatic rings. The van der Waals surface area contributed by atoms with Crippen molar-refractivity contribution in [3.63, 3.8) is 0 Å². The standard InChI is InChI=1S/C10H6Br2ClN3O2S/c11-8-5-14-10(9(12)15-8)16-19(17,18)7-3-1-2-6(13)4-7/h1-5H,(H,14,16). The Labute approximate surface area is 131 Å². The zero-order valence-electron chi connectivity index (χ0n) is 9.14. The number of halogens is 3. The second kappa shape index (κ2) is 5.74. The Morgan fingerprint density at radius 1 is 1.26 bits per heavy atom. The van der Waals surface area contributed by atoms with Gasteiger partial charge in [0.25, 0.3) is 10.0 Å². The Bertz CT molecular complexity index is 724. The summed E-state index contributed by atoms with van der Waals surface area (Å²) in [6, 6.07) is 5.94. The summed E-state index contributed by atoms with van der Waals surface area (Å²) in [6.07, 6.45) is 1.39. The summed E-state index contributed by atoms with van der Waals surface area (Å²) in [6.45, 7) is 0. The molecule has 1 aromatic heterocycles. The molecule has 19 heavy (non-hydrogen) atoms. The second-order valence-electron chi connectivity index (χ2n) is 3.40. The number of rotatable bonds is 3. The Balaban J connectivity index is 2.36. The van der Waals surface area contributed by atoms with Gasteiger partial charge in [0.2, 0.25) is 0 Å². The number of nitrogens with zero attached hydrogens (tertiary/aromatic N) is 2. The molecule has 0 aliphatic heterocycles. The Kier molecular flexibility index (Phi) is 4.44. The quantitative estimate of drug-likeness (QED) is 0.814. The first kappa shape index (κ1) is 14.7. The van der Waals surface area contributed by atoms with E-state index in [1.165, 1.54) is 18.3 Å². The number of aromatic nitrogens is 2. The highest BCUT2D eigenvalue weighted by Gasteiger charge is 2.17. The molecule has 0 atom stereocenters. The van der Waals surface area contributed by atoms with Crippen molar-refractivity contribution in [3.8, 4) is 0 Å². The number of sulfonamides is 1. The number of nitrogens with one attached hydrogen (secondary N) is 1. The average molecular weight is 428 g/mol. The number of anilines is 1. The molecule has 1 heterocycles. The lowest BCUT2D eigenvalue weighted by atomic mass is 10.4. The van der Waals surface area contributed by atoms with Gasteiger partial charge in [0, 0.05) is 5.02 Å². The molecule has 0 bridgehead atoms. The molecule has 9 heteroatoms. The number of hydrogen-bond donors (Lipinski definition) is 1. The number of hydrogen-bond acceptors (Lipinski definition) is 4. The number of benzene rings is 1. The lowest BCUT2D eigenvalue weighted by Crippen LogP contribution is -2.14. The largest absolute Gasteiger partial charge is 0.263 e. The van der Waals surface area contributed by atoms with Crippen LogP contribution in [0.2, 0.25) is 5.02 Å². The van der Waals surface area contributed by atoms with Gasteiger partial charge in [-0.15, -0.1) is 0 Å². The normalized spacial score (nSPS) is 11.3. The van der Waals surface area contributed by atoms with Crippen LogP contribution in [-0.4, -0.2) is 18.4 Å². The van der Waals surface area contributed by atoms with Gasteiger partial charge in [-0.05, 0) is 50.1 Å². The fourth-order valence-corrected chi connectivity index (χ4v) is 3.59. The molecule has 2 aromatic rings. The molecule has 0 fully saturated rings. The van der Waals surface area contributed by atoms with Crippen molar-refractivity contribution in [2.45, 2.75) is 4.90 Å². The van der Waals surface area contributed by atoms with Crippen LogP contribution in [0.1, 0.15) is 0 Å². The average Bonchev–Trinajstić information content (AvgIpc) is 2.33. The highest BCUT2D eigenvalue weighted by atomic mass is 79.9. The van der Waals surface area contributed by atoms with E-state index in [0.717, 1.165) is 0 Å². The Morgan fingerprint density at radius 3 is 2.63 bits per heavy atom. The van der Waals surface area contributed by atoms with Gasteiger partial charge < -0.3 is 0 Å². The van der Waals surface area contributed by atoms with E-state index in [-0.39, 0.29) is 15.3 Å². The zero-order chi connectivity index (χ0) is 14.0. The smallest absolute Gasteiger partial charge is 0.261 e. The first-order valence-electron chi connectivity index (χ1n) is 4.85. The summed E-state index contributed by atoms with van der Waals surface area (Å²) in [7, 11) is -3.75. The minimum atomic E-state index is -3.75. The van der Waals surface area contributed by atoms with Gasteiger partial charge in [-0.2, -0.15) is 0 Å². The molecule has 0 radical (unpaired) electrons. The van der Waals surface area contributed by atoms with Crippen LogP contribution in [0.4, 0.5) is 5.82 Å². The third-order valence-electron chi connectivity index (χ3n) is 2.04. The van der Waals surface area contributed by atoms with E-state index in [0.29, 0.717) is 9.63 Å². The third-order valence-corrected chi connectivity index (χ3v) is 4.54. The molecule has 0 unspecified atom stereocenters. The summed E-state index contributed by atoms with van der Waals surface area (Å²) < 4.78 is 27.3. The van der Waals surface area contributed by atoms with Crippen LogP contribution in [0.3, 0.4) is 0 Å². The SMILES string of the molecule is O=S(=O)(Nc1ncc(Br)nc1Br)c1cccc(Cl)c1. The molecule has 0 saturated heterocycles. The first-order valence-corrected chi connectivity index (χ1v) is 8.29. The topological polar surface area (TPSA) is 72.0 Å². The summed E-state index contributed by atoms with van der Waals surface area (Å²) in [4.78, 5) is 7.97. The minimum Gasteiger partial charge on any atom is -0.261 e. The molecule has 0 saturated carbocycles. The van der Waals surface area contributed by atoms with Crippen molar-refractivity contribution in [1.29, 1.82) is 0 Å². The third kappa shape index (κ3) is 3.65. The van der Waals surface area contributed by atoms with Crippen LogP contribution in [0.5, 0.6) is 0 Å². The van der Waals surface area contributed by atoms with Gasteiger partial charge in [0.05, 0.1) is 11.1 Å². The predicted molar refractivity (Wildman–Crippen MR) is 79.7 cm³/mol. The predicted octanol–water partition coefficient (Wildman–Crippen LogP) is 3.46. The van der Waals surface area contributed by atoms with Crippen LogP contribution >= 0.6 is 43.5 Å². The fourth-order valence-electron chi connectivity index (χ4n) is 1.24. The van der Waals surface area contributed by atoms with E-state index in [9.17, 15) is 8.42 Å². The first-order chi connectivity index (χ1) is 8.88. The van der Waals surface area contributed by atoms with Crippen LogP contribution in [0, 0.1) is 0 Å². The van der Waals surface area contributed by atoms with E-state index >= 15 is 0 Å². The lowest BCUT2D eigenvalue weighted by Gasteiger charge is -2.08. The molecular weight excluding hydrogens is 421 g/mol. The summed E-state index contributed by atoms with van der Waals surface area (Å²) in [5.74, 6) is 0.100. The van der Waals surface area contributed by atoms with Gasteiger partial charge in [0.15, 0.2) is 10.4 Å². The van der Waals surface area contributed by atoms with Gasteiger partial charge in [0.1, 0.15) is 4.60 Å². The Hall–Kier alpha value is -0.700. The van der Waals surface area contributed by atoms with E-state index < -0.39 is 10.0 Å².